The molecule has 0 aliphatic rings. The second-order valence-electron chi connectivity index (χ2n) is 2.40. The number of hydrogen-bond acceptors (Lipinski definition) is 3. The van der Waals surface area contributed by atoms with Crippen molar-refractivity contribution in [3.63, 3.8) is 0 Å². The second kappa shape index (κ2) is 4.29. The van der Waals surface area contributed by atoms with Gasteiger partial charge in [0.05, 0.1) is 0 Å². The molecule has 0 saturated heterocycles. The molecule has 1 aromatic rings. The fourth-order valence-corrected chi connectivity index (χ4v) is 0.905. The molecule has 0 fully saturated rings. The van der Waals surface area contributed by atoms with Gasteiger partial charge in [0.1, 0.15) is 0 Å². The summed E-state index contributed by atoms with van der Waals surface area (Å²) >= 11 is 0. The predicted molar refractivity (Wildman–Crippen MR) is 34.5 cm³/mol. The first-order chi connectivity index (χ1) is 7.45. The van der Waals surface area contributed by atoms with Crippen LogP contribution in [0.5, 0.6) is 5.75 Å². The van der Waals surface area contributed by atoms with Crippen LogP contribution in [-0.4, -0.2) is 5.97 Å². The molecule has 16 heavy (non-hydrogen) atoms. The van der Waals surface area contributed by atoms with Gasteiger partial charge in [-0.2, -0.15) is 4.39 Å². The zero-order chi connectivity index (χ0) is 12.5. The average Bonchev–Trinajstić information content (AvgIpc) is 2.29. The van der Waals surface area contributed by atoms with Gasteiger partial charge in [0.2, 0.25) is 17.4 Å². The lowest BCUT2D eigenvalue weighted by Crippen LogP contribution is -2.11. The quantitative estimate of drug-likeness (QED) is 0.457. The van der Waals surface area contributed by atoms with Gasteiger partial charge in [-0.25, -0.2) is 22.9 Å². The molecule has 0 atom stereocenters. The molecule has 0 N–H and O–H groups in total. The molecule has 0 radical (unpaired) electrons. The van der Waals surface area contributed by atoms with Crippen LogP contribution in [0.4, 0.5) is 26.6 Å². The van der Waals surface area contributed by atoms with Crippen LogP contribution in [0.15, 0.2) is 0 Å². The Kier molecular flexibility index (Phi) is 3.25. The molecule has 0 aliphatic carbocycles. The maximum Gasteiger partial charge on any atom is 0.386 e. The van der Waals surface area contributed by atoms with Gasteiger partial charge in [-0.1, -0.05) is 0 Å². The van der Waals surface area contributed by atoms with Crippen molar-refractivity contribution in [2.75, 3.05) is 0 Å². The van der Waals surface area contributed by atoms with Gasteiger partial charge in [0.15, 0.2) is 17.2 Å². The highest BCUT2D eigenvalue weighted by atomic mass is 19.3. The van der Waals surface area contributed by atoms with E-state index in [2.05, 4.69) is 9.88 Å². The summed E-state index contributed by atoms with van der Waals surface area (Å²) in [5.41, 5.74) is -1.87. The van der Waals surface area contributed by atoms with Gasteiger partial charge in [-0.05, 0) is 0 Å². The molecule has 0 aromatic heterocycles. The van der Waals surface area contributed by atoms with Gasteiger partial charge in [-0.3, -0.25) is 4.94 Å². The van der Waals surface area contributed by atoms with Crippen LogP contribution in [-0.2, 0) is 4.94 Å². The zero-order valence-electron chi connectivity index (χ0n) is 6.99. The molecule has 0 amide bonds. The number of carbonyl (C=O) groups is 1. The van der Waals surface area contributed by atoms with Crippen molar-refractivity contribution in [1.29, 1.82) is 0 Å². The number of carbonyl (C=O) groups excluding carboxylic acids is 1. The number of hydrogen-bond donors (Lipinski definition) is 0. The minimum atomic E-state index is -2.43. The van der Waals surface area contributed by atoms with E-state index in [-0.39, 0.29) is 0 Å². The molecule has 88 valence electrons. The summed E-state index contributed by atoms with van der Waals surface area (Å²) in [4.78, 5) is 15.5. The van der Waals surface area contributed by atoms with Crippen molar-refractivity contribution in [1.82, 2.24) is 0 Å². The van der Waals surface area contributed by atoms with Crippen molar-refractivity contribution >= 4 is 5.97 Å². The maximum absolute atomic E-state index is 12.8. The van der Waals surface area contributed by atoms with E-state index in [1.165, 1.54) is 0 Å². The predicted octanol–water partition coefficient (Wildman–Crippen LogP) is 2.55. The molecule has 0 heterocycles. The van der Waals surface area contributed by atoms with Gasteiger partial charge in [-0.15, -0.1) is 0 Å². The third-order valence-corrected chi connectivity index (χ3v) is 1.58. The molecular weight excluding hydrogens is 246 g/mol. The number of benzene rings is 1. The molecule has 0 aliphatic heterocycles. The lowest BCUT2D eigenvalue weighted by Gasteiger charge is -2.06. The summed E-state index contributed by atoms with van der Waals surface area (Å²) in [7, 11) is 0. The van der Waals surface area contributed by atoms with E-state index in [1.807, 2.05) is 0 Å². The van der Waals surface area contributed by atoms with Gasteiger partial charge in [0, 0.05) is 9.05 Å². The van der Waals surface area contributed by atoms with Crippen molar-refractivity contribution in [2.24, 2.45) is 0 Å². The Bertz CT molecular complexity index is 446. The van der Waals surface area contributed by atoms with Crippen LogP contribution in [0.2, 0.25) is 0 Å². The minimum absolute atomic E-state index is 1.87. The molecular formula is C7F6O3. The standard InChI is InChI=1S/C7F6O3/c8-2-1(7(14)16-13)6(15-12)5(11)4(10)3(2)9. The topological polar surface area (TPSA) is 35.5 Å². The first kappa shape index (κ1) is 12.1. The average molecular weight is 246 g/mol. The Morgan fingerprint density at radius 2 is 1.38 bits per heavy atom. The Balaban J connectivity index is 3.64. The highest BCUT2D eigenvalue weighted by Gasteiger charge is 2.33. The lowest BCUT2D eigenvalue weighted by molar-refractivity contribution is -0.0809. The summed E-state index contributed by atoms with van der Waals surface area (Å²) in [6.45, 7) is 0. The fraction of sp³-hybridized carbons (Fsp3) is 0. The Morgan fingerprint density at radius 3 is 1.81 bits per heavy atom. The fourth-order valence-electron chi connectivity index (χ4n) is 0.905. The van der Waals surface area contributed by atoms with Crippen LogP contribution >= 0.6 is 0 Å². The van der Waals surface area contributed by atoms with Gasteiger partial charge in [0.25, 0.3) is 0 Å². The molecule has 3 nitrogen and oxygen atoms in total. The van der Waals surface area contributed by atoms with E-state index < -0.39 is 40.6 Å². The van der Waals surface area contributed by atoms with E-state index in [9.17, 15) is 31.4 Å². The Labute approximate surface area is 83.0 Å². The van der Waals surface area contributed by atoms with E-state index in [0.29, 0.717) is 0 Å². The zero-order valence-corrected chi connectivity index (χ0v) is 6.99. The van der Waals surface area contributed by atoms with Crippen LogP contribution in [0.1, 0.15) is 10.4 Å². The maximum atomic E-state index is 12.8. The van der Waals surface area contributed by atoms with Crippen molar-refractivity contribution in [3.05, 3.63) is 28.8 Å². The van der Waals surface area contributed by atoms with Crippen LogP contribution in [0.3, 0.4) is 0 Å². The van der Waals surface area contributed by atoms with Crippen LogP contribution in [0, 0.1) is 23.3 Å². The first-order valence-electron chi connectivity index (χ1n) is 3.43. The molecule has 1 aromatic carbocycles. The second-order valence-corrected chi connectivity index (χ2v) is 2.40. The number of rotatable bonds is 2. The van der Waals surface area contributed by atoms with Crippen molar-refractivity contribution in [3.8, 4) is 5.75 Å². The molecule has 0 unspecified atom stereocenters. The first-order valence-corrected chi connectivity index (χ1v) is 3.43. The highest BCUT2D eigenvalue weighted by Crippen LogP contribution is 2.31. The summed E-state index contributed by atoms with van der Waals surface area (Å²) in [6.07, 6.45) is 0. The monoisotopic (exact) mass is 246 g/mol. The molecule has 0 spiro atoms. The molecule has 1 rings (SSSR count). The van der Waals surface area contributed by atoms with E-state index in [0.717, 1.165) is 0 Å². The van der Waals surface area contributed by atoms with E-state index in [4.69, 9.17) is 0 Å². The van der Waals surface area contributed by atoms with Crippen molar-refractivity contribution in [2.45, 2.75) is 0 Å². The van der Waals surface area contributed by atoms with Crippen molar-refractivity contribution < 1.29 is 41.3 Å². The lowest BCUT2D eigenvalue weighted by atomic mass is 10.1. The Morgan fingerprint density at radius 1 is 0.875 bits per heavy atom. The number of halogens is 6. The third-order valence-electron chi connectivity index (χ3n) is 1.58. The summed E-state index contributed by atoms with van der Waals surface area (Å²) in [6, 6.07) is 0. The van der Waals surface area contributed by atoms with Gasteiger partial charge >= 0.3 is 5.97 Å². The molecule has 0 saturated carbocycles. The molecule has 0 bridgehead atoms. The van der Waals surface area contributed by atoms with Crippen LogP contribution < -0.4 is 4.94 Å². The minimum Gasteiger partial charge on any atom is -0.290 e. The SMILES string of the molecule is O=C(OF)c1c(F)c(F)c(F)c(F)c1OF. The summed E-state index contributed by atoms with van der Waals surface area (Å²) < 4.78 is 73.7. The van der Waals surface area contributed by atoms with E-state index >= 15 is 0 Å². The van der Waals surface area contributed by atoms with Crippen LogP contribution in [0.25, 0.3) is 0 Å². The summed E-state index contributed by atoms with van der Waals surface area (Å²) in [5.74, 6) is -13.7. The summed E-state index contributed by atoms with van der Waals surface area (Å²) in [5, 5.41) is 0. The largest absolute Gasteiger partial charge is 0.386 e. The third kappa shape index (κ3) is 1.64. The van der Waals surface area contributed by atoms with E-state index in [1.54, 1.807) is 0 Å². The smallest absolute Gasteiger partial charge is 0.290 e. The normalized spacial score (nSPS) is 10.1. The van der Waals surface area contributed by atoms with Gasteiger partial charge < -0.3 is 0 Å². The molecule has 9 heteroatoms. The highest BCUT2D eigenvalue weighted by molar-refractivity contribution is 5.92. The Hall–Kier alpha value is -1.93.